The summed E-state index contributed by atoms with van der Waals surface area (Å²) in [5, 5.41) is 12.7. The minimum Gasteiger partial charge on any atom is -0.435 e. The molecule has 34 heavy (non-hydrogen) atoms. The van der Waals surface area contributed by atoms with E-state index in [4.69, 9.17) is 24.9 Å². The van der Waals surface area contributed by atoms with Gasteiger partial charge in [-0.3, -0.25) is 5.41 Å². The predicted molar refractivity (Wildman–Crippen MR) is 137 cm³/mol. The molecule has 3 aromatic rings. The smallest absolute Gasteiger partial charge is 0.318 e. The van der Waals surface area contributed by atoms with Gasteiger partial charge in [-0.15, -0.1) is 0 Å². The summed E-state index contributed by atoms with van der Waals surface area (Å²) >= 11 is 0. The molecule has 0 radical (unpaired) electrons. The molecular formula is C25H32N5O3P. The number of nitrogens with zero attached hydrogens (tertiary/aromatic N) is 1. The first-order valence-corrected chi connectivity index (χ1v) is 12.6. The van der Waals surface area contributed by atoms with Crippen molar-refractivity contribution in [3.63, 3.8) is 0 Å². The van der Waals surface area contributed by atoms with E-state index in [0.717, 1.165) is 35.0 Å². The number of aromatic amines is 1. The Balaban J connectivity index is 1.40. The van der Waals surface area contributed by atoms with Crippen LogP contribution in [-0.4, -0.2) is 35.9 Å². The summed E-state index contributed by atoms with van der Waals surface area (Å²) in [6.45, 7) is 6.75. The first-order valence-electron chi connectivity index (χ1n) is 11.5. The third kappa shape index (κ3) is 5.83. The van der Waals surface area contributed by atoms with E-state index in [-0.39, 0.29) is 24.1 Å². The molecule has 0 bridgehead atoms. The van der Waals surface area contributed by atoms with Crippen molar-refractivity contribution in [3.8, 4) is 5.75 Å². The summed E-state index contributed by atoms with van der Waals surface area (Å²) in [6, 6.07) is 18.3. The van der Waals surface area contributed by atoms with Crippen LogP contribution in [0.15, 0.2) is 59.6 Å². The molecule has 1 aliphatic heterocycles. The molecule has 1 fully saturated rings. The van der Waals surface area contributed by atoms with E-state index < -0.39 is 8.53 Å². The van der Waals surface area contributed by atoms with Crippen molar-refractivity contribution in [2.24, 2.45) is 16.6 Å². The highest BCUT2D eigenvalue weighted by atomic mass is 31.2. The molecule has 180 valence electrons. The zero-order valence-electron chi connectivity index (χ0n) is 19.7. The first-order chi connectivity index (χ1) is 16.4. The second-order valence-electron chi connectivity index (χ2n) is 8.77. The average Bonchev–Trinajstić information content (AvgIpc) is 3.44. The topological polar surface area (TPSA) is 118 Å². The van der Waals surface area contributed by atoms with Crippen LogP contribution in [0.2, 0.25) is 0 Å². The van der Waals surface area contributed by atoms with Crippen molar-refractivity contribution < 1.29 is 13.8 Å². The Morgan fingerprint density at radius 1 is 1.26 bits per heavy atom. The Morgan fingerprint density at radius 2 is 2.06 bits per heavy atom. The molecule has 5 N–H and O–H groups in total. The largest absolute Gasteiger partial charge is 0.435 e. The maximum absolute atomic E-state index is 7.09. The highest BCUT2D eigenvalue weighted by Crippen LogP contribution is 2.42. The quantitative estimate of drug-likeness (QED) is 0.179. The second kappa shape index (κ2) is 11.1. The van der Waals surface area contributed by atoms with Crippen LogP contribution in [0.3, 0.4) is 0 Å². The summed E-state index contributed by atoms with van der Waals surface area (Å²) < 4.78 is 18.9. The fourth-order valence-corrected chi connectivity index (χ4v) is 5.35. The zero-order valence-corrected chi connectivity index (χ0v) is 20.6. The molecule has 2 aromatic carbocycles. The standard InChI is InChI=1S/C25H32N5O3P/c1-16(2)30-34(33-23-10-6-8-18-7-4-5-9-20(18)23)31-14-19-13-17(3)24(32-19)21-11-12-22(29-21)25(27)28-15-26/h4-12,15-17,19,24,29-30H,13-14H2,1-3H3,(H3,26,27,28). The molecule has 4 unspecified atom stereocenters. The second-order valence-corrected chi connectivity index (χ2v) is 9.98. The molecule has 9 heteroatoms. The van der Waals surface area contributed by atoms with Gasteiger partial charge in [0.15, 0.2) is 0 Å². The molecule has 8 nitrogen and oxygen atoms in total. The van der Waals surface area contributed by atoms with E-state index in [9.17, 15) is 0 Å². The fourth-order valence-electron chi connectivity index (χ4n) is 4.11. The number of fused-ring (bicyclic) bond motifs is 1. The number of ether oxygens (including phenoxy) is 1. The minimum atomic E-state index is -1.35. The number of benzene rings is 2. The van der Waals surface area contributed by atoms with Gasteiger partial charge in [-0.05, 0) is 49.8 Å². The summed E-state index contributed by atoms with van der Waals surface area (Å²) in [7, 11) is -1.35. The van der Waals surface area contributed by atoms with E-state index in [1.165, 1.54) is 0 Å². The molecule has 0 aliphatic carbocycles. The van der Waals surface area contributed by atoms with Gasteiger partial charge in [0.2, 0.25) is 0 Å². The number of aliphatic imine (C=N–C) groups is 1. The van der Waals surface area contributed by atoms with E-state index >= 15 is 0 Å². The molecule has 1 aliphatic rings. The van der Waals surface area contributed by atoms with Gasteiger partial charge < -0.3 is 24.5 Å². The van der Waals surface area contributed by atoms with Crippen LogP contribution in [0.4, 0.5) is 0 Å². The molecule has 1 aromatic heterocycles. The van der Waals surface area contributed by atoms with Gasteiger partial charge in [-0.25, -0.2) is 10.1 Å². The number of hydrogen-bond donors (Lipinski definition) is 4. The maximum Gasteiger partial charge on any atom is 0.318 e. The number of nitrogens with one attached hydrogen (secondary N) is 3. The first kappa shape index (κ1) is 24.4. The van der Waals surface area contributed by atoms with Crippen molar-refractivity contribution >= 4 is 31.5 Å². The molecule has 2 heterocycles. The third-order valence-corrected chi connectivity index (χ3v) is 7.13. The van der Waals surface area contributed by atoms with Crippen molar-refractivity contribution in [3.05, 3.63) is 66.0 Å². The van der Waals surface area contributed by atoms with Crippen LogP contribution in [0.5, 0.6) is 5.75 Å². The number of rotatable bonds is 10. The number of hydrogen-bond acceptors (Lipinski definition) is 5. The molecule has 1 saturated heterocycles. The predicted octanol–water partition coefficient (Wildman–Crippen LogP) is 5.27. The lowest BCUT2D eigenvalue weighted by atomic mass is 10.00. The SMILES string of the molecule is CC(C)NP(OCC1CC(C)C(c2ccc(C(N)=NC=N)[nH]2)O1)Oc1cccc2ccccc12. The summed E-state index contributed by atoms with van der Waals surface area (Å²) in [5.41, 5.74) is 7.52. The van der Waals surface area contributed by atoms with E-state index in [0.29, 0.717) is 18.2 Å². The molecule has 4 atom stereocenters. The lowest BCUT2D eigenvalue weighted by Crippen LogP contribution is -2.23. The Labute approximate surface area is 201 Å². The fraction of sp³-hybridized carbons (Fsp3) is 0.360. The number of nitrogens with two attached hydrogens (primary N) is 1. The van der Waals surface area contributed by atoms with Crippen LogP contribution < -0.4 is 15.3 Å². The van der Waals surface area contributed by atoms with Gasteiger partial charge in [-0.1, -0.05) is 43.3 Å². The highest BCUT2D eigenvalue weighted by Gasteiger charge is 2.35. The van der Waals surface area contributed by atoms with Gasteiger partial charge in [0.1, 0.15) is 24.0 Å². The molecule has 0 saturated carbocycles. The normalized spacial score (nSPS) is 21.8. The summed E-state index contributed by atoms with van der Waals surface area (Å²) in [5.74, 6) is 1.39. The van der Waals surface area contributed by atoms with Gasteiger partial charge in [-0.2, -0.15) is 0 Å². The van der Waals surface area contributed by atoms with E-state index in [1.807, 2.05) is 36.4 Å². The van der Waals surface area contributed by atoms with E-state index in [2.05, 4.69) is 54.0 Å². The molecule has 0 spiro atoms. The van der Waals surface area contributed by atoms with Gasteiger partial charge in [0.05, 0.1) is 18.4 Å². The minimum absolute atomic E-state index is 0.0468. The Morgan fingerprint density at radius 3 is 2.85 bits per heavy atom. The van der Waals surface area contributed by atoms with Crippen molar-refractivity contribution in [2.75, 3.05) is 6.61 Å². The van der Waals surface area contributed by atoms with Crippen LogP contribution in [0, 0.1) is 11.3 Å². The number of amidine groups is 1. The van der Waals surface area contributed by atoms with E-state index in [1.54, 1.807) is 0 Å². The Hall–Kier alpha value is -2.77. The van der Waals surface area contributed by atoms with Crippen LogP contribution in [0.1, 0.15) is 44.7 Å². The van der Waals surface area contributed by atoms with Gasteiger partial charge >= 0.3 is 8.53 Å². The molecule has 0 amide bonds. The van der Waals surface area contributed by atoms with Crippen molar-refractivity contribution in [1.82, 2.24) is 10.1 Å². The average molecular weight is 482 g/mol. The lowest BCUT2D eigenvalue weighted by molar-refractivity contribution is 0.00929. The molecular weight excluding hydrogens is 449 g/mol. The van der Waals surface area contributed by atoms with Crippen LogP contribution >= 0.6 is 8.53 Å². The highest BCUT2D eigenvalue weighted by molar-refractivity contribution is 7.45. The van der Waals surface area contributed by atoms with Crippen molar-refractivity contribution in [2.45, 2.75) is 45.4 Å². The zero-order chi connectivity index (χ0) is 24.1. The van der Waals surface area contributed by atoms with Gasteiger partial charge in [0, 0.05) is 17.1 Å². The number of H-pyrrole nitrogens is 1. The molecule has 4 rings (SSSR count). The Kier molecular flexibility index (Phi) is 7.95. The monoisotopic (exact) mass is 481 g/mol. The summed E-state index contributed by atoms with van der Waals surface area (Å²) in [6.07, 6.45) is 1.68. The van der Waals surface area contributed by atoms with Gasteiger partial charge in [0.25, 0.3) is 0 Å². The van der Waals surface area contributed by atoms with Crippen LogP contribution in [-0.2, 0) is 9.26 Å². The Bertz CT molecular complexity index is 1140. The van der Waals surface area contributed by atoms with Crippen molar-refractivity contribution in [1.29, 1.82) is 5.41 Å². The summed E-state index contributed by atoms with van der Waals surface area (Å²) in [4.78, 5) is 7.09. The third-order valence-electron chi connectivity index (χ3n) is 5.66. The maximum atomic E-state index is 7.09. The lowest BCUT2D eigenvalue weighted by Gasteiger charge is -2.23. The van der Waals surface area contributed by atoms with Crippen LogP contribution in [0.25, 0.3) is 10.8 Å². The number of aromatic nitrogens is 1.